The first-order chi connectivity index (χ1) is 8.29. The van der Waals surface area contributed by atoms with Gasteiger partial charge in [0.1, 0.15) is 11.9 Å². The van der Waals surface area contributed by atoms with E-state index in [0.717, 1.165) is 13.0 Å². The van der Waals surface area contributed by atoms with E-state index < -0.39 is 5.82 Å². The molecule has 0 spiro atoms. The minimum absolute atomic E-state index is 0.117. The van der Waals surface area contributed by atoms with Gasteiger partial charge in [0.25, 0.3) is 0 Å². The lowest BCUT2D eigenvalue weighted by molar-refractivity contribution is 0.578. The molecule has 0 radical (unpaired) electrons. The molecule has 2 nitrogen and oxygen atoms in total. The molecule has 0 saturated heterocycles. The second-order valence-corrected chi connectivity index (χ2v) is 4.75. The van der Waals surface area contributed by atoms with Gasteiger partial charge < -0.3 is 5.32 Å². The average Bonchev–Trinajstić information content (AvgIpc) is 2.35. The van der Waals surface area contributed by atoms with Crippen molar-refractivity contribution < 1.29 is 4.39 Å². The normalized spacial score (nSPS) is 10.2. The van der Waals surface area contributed by atoms with Crippen LogP contribution in [0.4, 0.5) is 4.39 Å². The molecule has 1 aromatic rings. The van der Waals surface area contributed by atoms with E-state index in [1.165, 1.54) is 18.2 Å². The minimum Gasteiger partial charge on any atom is -0.313 e. The van der Waals surface area contributed by atoms with E-state index in [0.29, 0.717) is 12.1 Å². The fourth-order valence-electron chi connectivity index (χ4n) is 1.52. The van der Waals surface area contributed by atoms with Crippen molar-refractivity contribution in [2.45, 2.75) is 19.4 Å². The highest BCUT2D eigenvalue weighted by Crippen LogP contribution is 2.11. The first kappa shape index (κ1) is 14.0. The number of unbranched alkanes of at least 4 members (excludes halogenated alkanes) is 1. The molecule has 0 atom stereocenters. The number of hydrogen-bond donors (Lipinski definition) is 1. The second-order valence-electron chi connectivity index (χ2n) is 3.77. The van der Waals surface area contributed by atoms with Crippen molar-refractivity contribution >= 4 is 11.8 Å². The fraction of sp³-hybridized carbons (Fsp3) is 0.462. The van der Waals surface area contributed by atoms with E-state index in [1.807, 2.05) is 17.8 Å². The molecule has 4 heteroatoms. The zero-order valence-electron chi connectivity index (χ0n) is 10.0. The maximum atomic E-state index is 13.6. The monoisotopic (exact) mass is 252 g/mol. The number of halogens is 1. The Bertz CT molecular complexity index is 387. The molecule has 0 bridgehead atoms. The van der Waals surface area contributed by atoms with Crippen LogP contribution in [0.15, 0.2) is 18.2 Å². The van der Waals surface area contributed by atoms with Crippen LogP contribution in [0.1, 0.15) is 24.0 Å². The van der Waals surface area contributed by atoms with Crippen LogP contribution in [0.2, 0.25) is 0 Å². The number of benzene rings is 1. The van der Waals surface area contributed by atoms with Crippen LogP contribution in [-0.2, 0) is 6.54 Å². The molecule has 1 aromatic carbocycles. The number of rotatable bonds is 7. The van der Waals surface area contributed by atoms with Crippen LogP contribution < -0.4 is 5.32 Å². The predicted octanol–water partition coefficient (Wildman–Crippen LogP) is 2.93. The summed E-state index contributed by atoms with van der Waals surface area (Å²) in [5, 5.41) is 11.9. The van der Waals surface area contributed by atoms with Crippen LogP contribution in [0.3, 0.4) is 0 Å². The molecule has 0 heterocycles. The van der Waals surface area contributed by atoms with Gasteiger partial charge in [-0.05, 0) is 37.5 Å². The van der Waals surface area contributed by atoms with Crippen molar-refractivity contribution in [2.24, 2.45) is 0 Å². The smallest absolute Gasteiger partial charge is 0.145 e. The molecular weight excluding hydrogens is 235 g/mol. The van der Waals surface area contributed by atoms with Crippen molar-refractivity contribution in [2.75, 3.05) is 18.6 Å². The lowest BCUT2D eigenvalue weighted by Crippen LogP contribution is -2.16. The van der Waals surface area contributed by atoms with Gasteiger partial charge in [-0.25, -0.2) is 4.39 Å². The maximum absolute atomic E-state index is 13.6. The highest BCUT2D eigenvalue weighted by atomic mass is 32.2. The highest BCUT2D eigenvalue weighted by Gasteiger charge is 2.06. The molecule has 0 aliphatic heterocycles. The zero-order chi connectivity index (χ0) is 12.5. The third kappa shape index (κ3) is 4.76. The quantitative estimate of drug-likeness (QED) is 0.758. The van der Waals surface area contributed by atoms with Crippen LogP contribution in [0, 0.1) is 17.1 Å². The average molecular weight is 252 g/mol. The molecule has 0 amide bonds. The Morgan fingerprint density at radius 3 is 2.94 bits per heavy atom. The number of nitriles is 1. The van der Waals surface area contributed by atoms with Gasteiger partial charge in [0.05, 0.1) is 5.56 Å². The predicted molar refractivity (Wildman–Crippen MR) is 70.4 cm³/mol. The Morgan fingerprint density at radius 1 is 1.41 bits per heavy atom. The summed E-state index contributed by atoms with van der Waals surface area (Å²) in [7, 11) is 0. The summed E-state index contributed by atoms with van der Waals surface area (Å²) >= 11 is 1.84. The van der Waals surface area contributed by atoms with Gasteiger partial charge in [0.15, 0.2) is 0 Å². The highest BCUT2D eigenvalue weighted by molar-refractivity contribution is 7.98. The Hall–Kier alpha value is -1.05. The third-order valence-electron chi connectivity index (χ3n) is 2.47. The Kier molecular flexibility index (Phi) is 6.68. The summed E-state index contributed by atoms with van der Waals surface area (Å²) in [6.07, 6.45) is 4.37. The van der Waals surface area contributed by atoms with Gasteiger partial charge in [0.2, 0.25) is 0 Å². The molecule has 17 heavy (non-hydrogen) atoms. The third-order valence-corrected chi connectivity index (χ3v) is 3.16. The van der Waals surface area contributed by atoms with Gasteiger partial charge in [-0.2, -0.15) is 17.0 Å². The SMILES string of the molecule is CSCCCCNCc1cccc(C#N)c1F. The van der Waals surface area contributed by atoms with E-state index in [2.05, 4.69) is 11.6 Å². The van der Waals surface area contributed by atoms with E-state index in [-0.39, 0.29) is 5.56 Å². The van der Waals surface area contributed by atoms with Gasteiger partial charge in [-0.3, -0.25) is 0 Å². The van der Waals surface area contributed by atoms with E-state index in [1.54, 1.807) is 12.1 Å². The van der Waals surface area contributed by atoms with E-state index in [4.69, 9.17) is 5.26 Å². The largest absolute Gasteiger partial charge is 0.313 e. The molecule has 92 valence electrons. The molecule has 1 rings (SSSR count). The van der Waals surface area contributed by atoms with Crippen molar-refractivity contribution in [1.29, 1.82) is 5.26 Å². The maximum Gasteiger partial charge on any atom is 0.145 e. The standard InChI is InChI=1S/C13H17FN2S/c1-17-8-3-2-7-16-10-12-6-4-5-11(9-15)13(12)14/h4-6,16H,2-3,7-8,10H2,1H3. The zero-order valence-corrected chi connectivity index (χ0v) is 10.8. The summed E-state index contributed by atoms with van der Waals surface area (Å²) < 4.78 is 13.6. The minimum atomic E-state index is -0.397. The topological polar surface area (TPSA) is 35.8 Å². The molecule has 0 unspecified atom stereocenters. The fourth-order valence-corrected chi connectivity index (χ4v) is 2.01. The van der Waals surface area contributed by atoms with Gasteiger partial charge in [-0.15, -0.1) is 0 Å². The molecule has 0 aliphatic rings. The van der Waals surface area contributed by atoms with Crippen LogP contribution in [0.5, 0.6) is 0 Å². The molecule has 0 aromatic heterocycles. The lowest BCUT2D eigenvalue weighted by Gasteiger charge is -2.06. The van der Waals surface area contributed by atoms with Gasteiger partial charge in [-0.1, -0.05) is 12.1 Å². The van der Waals surface area contributed by atoms with E-state index >= 15 is 0 Å². The number of nitrogens with one attached hydrogen (secondary N) is 1. The molecule has 0 saturated carbocycles. The van der Waals surface area contributed by atoms with Gasteiger partial charge >= 0.3 is 0 Å². The van der Waals surface area contributed by atoms with E-state index in [9.17, 15) is 4.39 Å². The summed E-state index contributed by atoms with van der Waals surface area (Å²) in [6, 6.07) is 6.77. The van der Waals surface area contributed by atoms with Crippen molar-refractivity contribution in [3.63, 3.8) is 0 Å². The summed E-state index contributed by atoms with van der Waals surface area (Å²) in [6.45, 7) is 1.37. The summed E-state index contributed by atoms with van der Waals surface area (Å²) in [5.74, 6) is 0.770. The summed E-state index contributed by atoms with van der Waals surface area (Å²) in [4.78, 5) is 0. The van der Waals surface area contributed by atoms with Crippen molar-refractivity contribution in [1.82, 2.24) is 5.32 Å². The molecule has 1 N–H and O–H groups in total. The number of hydrogen-bond acceptors (Lipinski definition) is 3. The molecule has 0 fully saturated rings. The van der Waals surface area contributed by atoms with Crippen LogP contribution >= 0.6 is 11.8 Å². The number of thioether (sulfide) groups is 1. The lowest BCUT2D eigenvalue weighted by atomic mass is 10.1. The van der Waals surface area contributed by atoms with Crippen molar-refractivity contribution in [3.8, 4) is 6.07 Å². The Balaban J connectivity index is 2.35. The van der Waals surface area contributed by atoms with Crippen molar-refractivity contribution in [3.05, 3.63) is 35.1 Å². The second kappa shape index (κ2) is 8.10. The molecular formula is C13H17FN2S. The first-order valence-electron chi connectivity index (χ1n) is 5.66. The Morgan fingerprint density at radius 2 is 2.24 bits per heavy atom. The Labute approximate surface area is 106 Å². The van der Waals surface area contributed by atoms with Crippen LogP contribution in [-0.4, -0.2) is 18.6 Å². The van der Waals surface area contributed by atoms with Crippen LogP contribution in [0.25, 0.3) is 0 Å². The molecule has 0 aliphatic carbocycles. The van der Waals surface area contributed by atoms with Gasteiger partial charge in [0, 0.05) is 12.1 Å². The summed E-state index contributed by atoms with van der Waals surface area (Å²) in [5.41, 5.74) is 0.681. The first-order valence-corrected chi connectivity index (χ1v) is 7.06. The number of nitrogens with zero attached hydrogens (tertiary/aromatic N) is 1.